The van der Waals surface area contributed by atoms with E-state index >= 15 is 0 Å². The molecule has 1 amide bonds. The van der Waals surface area contributed by atoms with Crippen LogP contribution in [0.25, 0.3) is 33.4 Å². The number of nitrogens with two attached hydrogens (primary N) is 1. The van der Waals surface area contributed by atoms with E-state index in [4.69, 9.17) is 20.7 Å². The molecule has 2 aliphatic rings. The largest absolute Gasteiger partial charge is 0.337 e. The Balaban J connectivity index is 1.19. The van der Waals surface area contributed by atoms with E-state index in [9.17, 15) is 4.79 Å². The summed E-state index contributed by atoms with van der Waals surface area (Å²) >= 11 is 0. The lowest BCUT2D eigenvalue weighted by Gasteiger charge is -2.38. The Morgan fingerprint density at radius 2 is 1.46 bits per heavy atom. The van der Waals surface area contributed by atoms with Crippen molar-refractivity contribution in [3.63, 3.8) is 0 Å². The summed E-state index contributed by atoms with van der Waals surface area (Å²) in [6, 6.07) is 30.5. The molecular formula is C34H32N6O. The SMILES string of the molecule is NC1(c2ccc(-c3nc4nc(N5CCN(C(=O)c6ccccc6)CC5)ncc4cc3-c3ccccc3)cc2)CCC1. The highest BCUT2D eigenvalue weighted by Crippen LogP contribution is 2.40. The number of carbonyl (C=O) groups excluding carboxylic acids is 1. The van der Waals surface area contributed by atoms with Crippen LogP contribution in [0.3, 0.4) is 0 Å². The lowest BCUT2D eigenvalue weighted by Crippen LogP contribution is -2.49. The van der Waals surface area contributed by atoms with Gasteiger partial charge in [0.25, 0.3) is 5.91 Å². The first-order valence-corrected chi connectivity index (χ1v) is 14.3. The Hall–Kier alpha value is -4.62. The molecule has 1 aliphatic heterocycles. The van der Waals surface area contributed by atoms with E-state index in [1.165, 1.54) is 12.0 Å². The van der Waals surface area contributed by atoms with Crippen LogP contribution >= 0.6 is 0 Å². The number of hydrogen-bond donors (Lipinski definition) is 1. The van der Waals surface area contributed by atoms with Crippen LogP contribution in [0.2, 0.25) is 0 Å². The molecule has 1 saturated heterocycles. The van der Waals surface area contributed by atoms with Gasteiger partial charge in [0.1, 0.15) is 0 Å². The predicted molar refractivity (Wildman–Crippen MR) is 162 cm³/mol. The molecule has 1 aliphatic carbocycles. The first-order chi connectivity index (χ1) is 20.1. The highest BCUT2D eigenvalue weighted by molar-refractivity contribution is 5.94. The molecule has 2 fully saturated rings. The van der Waals surface area contributed by atoms with Gasteiger partial charge in [-0.1, -0.05) is 72.8 Å². The minimum Gasteiger partial charge on any atom is -0.337 e. The fraction of sp³-hybridized carbons (Fsp3) is 0.235. The molecule has 0 spiro atoms. The van der Waals surface area contributed by atoms with Gasteiger partial charge in [-0.3, -0.25) is 4.79 Å². The molecule has 0 radical (unpaired) electrons. The molecule has 41 heavy (non-hydrogen) atoms. The van der Waals surface area contributed by atoms with Crippen molar-refractivity contribution in [2.45, 2.75) is 24.8 Å². The lowest BCUT2D eigenvalue weighted by atomic mass is 9.72. The van der Waals surface area contributed by atoms with Crippen LogP contribution in [-0.4, -0.2) is 51.9 Å². The van der Waals surface area contributed by atoms with Gasteiger partial charge in [0, 0.05) is 60.0 Å². The summed E-state index contributed by atoms with van der Waals surface area (Å²) in [4.78, 5) is 31.7. The maximum absolute atomic E-state index is 12.9. The van der Waals surface area contributed by atoms with Crippen LogP contribution in [0.1, 0.15) is 35.2 Å². The summed E-state index contributed by atoms with van der Waals surface area (Å²) in [6.07, 6.45) is 5.11. The van der Waals surface area contributed by atoms with Crippen LogP contribution in [0.5, 0.6) is 0 Å². The van der Waals surface area contributed by atoms with E-state index in [0.29, 0.717) is 37.8 Å². The molecule has 204 valence electrons. The summed E-state index contributed by atoms with van der Waals surface area (Å²) in [5.41, 5.74) is 13.0. The Bertz CT molecular complexity index is 1690. The van der Waals surface area contributed by atoms with E-state index in [0.717, 1.165) is 46.2 Å². The molecule has 7 rings (SSSR count). The fourth-order valence-corrected chi connectivity index (χ4v) is 5.84. The monoisotopic (exact) mass is 540 g/mol. The number of aromatic nitrogens is 3. The van der Waals surface area contributed by atoms with Gasteiger partial charge in [-0.25, -0.2) is 9.97 Å². The molecule has 0 bridgehead atoms. The molecule has 7 heteroatoms. The third-order valence-corrected chi connectivity index (χ3v) is 8.49. The smallest absolute Gasteiger partial charge is 0.253 e. The number of rotatable bonds is 5. The second-order valence-electron chi connectivity index (χ2n) is 11.1. The first kappa shape index (κ1) is 25.4. The zero-order chi connectivity index (χ0) is 27.8. The van der Waals surface area contributed by atoms with E-state index in [-0.39, 0.29) is 11.4 Å². The van der Waals surface area contributed by atoms with Gasteiger partial charge in [0.15, 0.2) is 5.65 Å². The molecule has 7 nitrogen and oxygen atoms in total. The highest BCUT2D eigenvalue weighted by atomic mass is 16.2. The second-order valence-corrected chi connectivity index (χ2v) is 11.1. The van der Waals surface area contributed by atoms with Gasteiger partial charge in [-0.05, 0) is 48.6 Å². The molecule has 2 N–H and O–H groups in total. The van der Waals surface area contributed by atoms with Crippen molar-refractivity contribution in [3.05, 3.63) is 108 Å². The van der Waals surface area contributed by atoms with Crippen LogP contribution in [0.4, 0.5) is 5.95 Å². The van der Waals surface area contributed by atoms with Crippen LogP contribution in [0, 0.1) is 0 Å². The van der Waals surface area contributed by atoms with Crippen molar-refractivity contribution >= 4 is 22.9 Å². The molecule has 2 aromatic heterocycles. The van der Waals surface area contributed by atoms with Crippen molar-refractivity contribution in [1.82, 2.24) is 19.9 Å². The third kappa shape index (κ3) is 4.83. The van der Waals surface area contributed by atoms with Crippen molar-refractivity contribution in [3.8, 4) is 22.4 Å². The number of amides is 1. The van der Waals surface area contributed by atoms with E-state index in [1.807, 2.05) is 59.6 Å². The van der Waals surface area contributed by atoms with Crippen LogP contribution in [0.15, 0.2) is 97.2 Å². The Kier molecular flexibility index (Phi) is 6.44. The Morgan fingerprint density at radius 1 is 0.780 bits per heavy atom. The number of piperazine rings is 1. The molecule has 5 aromatic rings. The number of anilines is 1. The topological polar surface area (TPSA) is 88.2 Å². The number of nitrogens with zero attached hydrogens (tertiary/aromatic N) is 5. The maximum Gasteiger partial charge on any atom is 0.253 e. The van der Waals surface area contributed by atoms with E-state index < -0.39 is 0 Å². The number of carbonyl (C=O) groups is 1. The average molecular weight is 541 g/mol. The van der Waals surface area contributed by atoms with Crippen molar-refractivity contribution in [2.75, 3.05) is 31.1 Å². The Labute approximate surface area is 239 Å². The quantitative estimate of drug-likeness (QED) is 0.310. The summed E-state index contributed by atoms with van der Waals surface area (Å²) in [5, 5.41) is 0.890. The van der Waals surface area contributed by atoms with Gasteiger partial charge < -0.3 is 15.5 Å². The van der Waals surface area contributed by atoms with Gasteiger partial charge in [0.2, 0.25) is 5.95 Å². The summed E-state index contributed by atoms with van der Waals surface area (Å²) < 4.78 is 0. The molecule has 3 heterocycles. The summed E-state index contributed by atoms with van der Waals surface area (Å²) in [6.45, 7) is 2.58. The zero-order valence-electron chi connectivity index (χ0n) is 22.9. The molecule has 1 saturated carbocycles. The normalized spacial score (nSPS) is 16.4. The first-order valence-electron chi connectivity index (χ1n) is 14.3. The van der Waals surface area contributed by atoms with Gasteiger partial charge >= 0.3 is 0 Å². The highest BCUT2D eigenvalue weighted by Gasteiger charge is 2.34. The van der Waals surface area contributed by atoms with Crippen molar-refractivity contribution in [1.29, 1.82) is 0 Å². The van der Waals surface area contributed by atoms with Gasteiger partial charge in [-0.15, -0.1) is 0 Å². The minimum atomic E-state index is -0.199. The van der Waals surface area contributed by atoms with Crippen LogP contribution in [-0.2, 0) is 5.54 Å². The van der Waals surface area contributed by atoms with E-state index in [2.05, 4.69) is 47.4 Å². The Morgan fingerprint density at radius 3 is 2.12 bits per heavy atom. The number of hydrogen-bond acceptors (Lipinski definition) is 6. The molecule has 3 aromatic carbocycles. The number of fused-ring (bicyclic) bond motifs is 1. The maximum atomic E-state index is 12.9. The number of pyridine rings is 1. The minimum absolute atomic E-state index is 0.0633. The average Bonchev–Trinajstić information content (AvgIpc) is 3.03. The zero-order valence-corrected chi connectivity index (χ0v) is 22.9. The summed E-state index contributed by atoms with van der Waals surface area (Å²) in [5.74, 6) is 0.703. The lowest BCUT2D eigenvalue weighted by molar-refractivity contribution is 0.0746. The predicted octanol–water partition coefficient (Wildman–Crippen LogP) is 5.66. The fourth-order valence-electron chi connectivity index (χ4n) is 5.84. The van der Waals surface area contributed by atoms with Crippen molar-refractivity contribution in [2.24, 2.45) is 5.73 Å². The summed E-state index contributed by atoms with van der Waals surface area (Å²) in [7, 11) is 0. The number of benzene rings is 3. The van der Waals surface area contributed by atoms with Crippen LogP contribution < -0.4 is 10.6 Å². The van der Waals surface area contributed by atoms with Gasteiger partial charge in [0.05, 0.1) is 5.69 Å². The van der Waals surface area contributed by atoms with Crippen molar-refractivity contribution < 1.29 is 4.79 Å². The molecular weight excluding hydrogens is 508 g/mol. The van der Waals surface area contributed by atoms with Gasteiger partial charge in [-0.2, -0.15) is 4.98 Å². The molecule has 0 atom stereocenters. The third-order valence-electron chi connectivity index (χ3n) is 8.49. The molecule has 0 unspecified atom stereocenters. The standard InChI is InChI=1S/C34H32N6O/c35-34(16-7-17-34)28-14-12-25(13-15-28)30-29(24-8-3-1-4-9-24)22-27-23-36-33(38-31(27)37-30)40-20-18-39(19-21-40)32(41)26-10-5-2-6-11-26/h1-6,8-15,22-23H,7,16-21,35H2. The van der Waals surface area contributed by atoms with E-state index in [1.54, 1.807) is 0 Å². The second kappa shape index (κ2) is 10.4.